The Balaban J connectivity index is 1.54. The van der Waals surface area contributed by atoms with E-state index in [1.807, 2.05) is 0 Å². The fourth-order valence-corrected chi connectivity index (χ4v) is 4.47. The van der Waals surface area contributed by atoms with Gasteiger partial charge in [-0.2, -0.15) is 5.10 Å². The van der Waals surface area contributed by atoms with Crippen molar-refractivity contribution in [3.8, 4) is 0 Å². The molecule has 2 aliphatic rings. The van der Waals surface area contributed by atoms with Gasteiger partial charge in [-0.1, -0.05) is 18.2 Å². The summed E-state index contributed by atoms with van der Waals surface area (Å²) in [5.74, 6) is -0.331. The van der Waals surface area contributed by atoms with Crippen LogP contribution in [0, 0.1) is 15.9 Å². The molecule has 0 aliphatic heterocycles. The number of aromatic nitrogens is 4. The summed E-state index contributed by atoms with van der Waals surface area (Å²) < 4.78 is 18.0. The average molecular weight is 465 g/mol. The molecule has 9 nitrogen and oxygen atoms in total. The quantitative estimate of drug-likeness (QED) is 0.388. The van der Waals surface area contributed by atoms with Crippen molar-refractivity contribution < 1.29 is 9.31 Å². The number of benzene rings is 1. The Morgan fingerprint density at radius 2 is 1.74 bits per heavy atom. The third kappa shape index (κ3) is 3.89. The SMILES string of the molecule is O=c1c([N+](=O)[O-])c(/C=C/c2cnn(Cc3ccccc3F)c2)n(C2CCC2)c(=O)n1C1CCC1. The highest BCUT2D eigenvalue weighted by molar-refractivity contribution is 5.71. The van der Waals surface area contributed by atoms with Crippen LogP contribution in [0.1, 0.15) is 67.4 Å². The van der Waals surface area contributed by atoms with Gasteiger partial charge in [0.1, 0.15) is 11.5 Å². The minimum absolute atomic E-state index is 0.0159. The molecular formula is C24H24FN5O4. The number of halogens is 1. The monoisotopic (exact) mass is 465 g/mol. The smallest absolute Gasteiger partial charge is 0.284 e. The maximum Gasteiger partial charge on any atom is 0.357 e. The topological polar surface area (TPSA) is 105 Å². The van der Waals surface area contributed by atoms with Crippen molar-refractivity contribution in [2.24, 2.45) is 0 Å². The summed E-state index contributed by atoms with van der Waals surface area (Å²) in [5, 5.41) is 16.2. The van der Waals surface area contributed by atoms with Crippen LogP contribution in [-0.4, -0.2) is 23.8 Å². The molecule has 2 saturated carbocycles. The van der Waals surface area contributed by atoms with Crippen LogP contribution in [-0.2, 0) is 6.54 Å². The Morgan fingerprint density at radius 1 is 1.06 bits per heavy atom. The maximum atomic E-state index is 13.9. The summed E-state index contributed by atoms with van der Waals surface area (Å²) in [6.45, 7) is 0.227. The van der Waals surface area contributed by atoms with Crippen LogP contribution in [0.25, 0.3) is 12.2 Å². The van der Waals surface area contributed by atoms with Gasteiger partial charge in [-0.3, -0.25) is 28.7 Å². The molecule has 0 radical (unpaired) electrons. The van der Waals surface area contributed by atoms with Crippen molar-refractivity contribution in [3.05, 3.63) is 90.2 Å². The maximum absolute atomic E-state index is 13.9. The van der Waals surface area contributed by atoms with E-state index in [-0.39, 0.29) is 30.1 Å². The van der Waals surface area contributed by atoms with Gasteiger partial charge in [-0.25, -0.2) is 9.18 Å². The zero-order chi connectivity index (χ0) is 23.8. The van der Waals surface area contributed by atoms with Gasteiger partial charge in [-0.05, 0) is 56.7 Å². The van der Waals surface area contributed by atoms with E-state index < -0.39 is 21.9 Å². The Bertz CT molecular complexity index is 1400. The van der Waals surface area contributed by atoms with E-state index in [2.05, 4.69) is 5.10 Å². The summed E-state index contributed by atoms with van der Waals surface area (Å²) in [7, 11) is 0. The number of nitrogens with zero attached hydrogens (tertiary/aromatic N) is 5. The third-order valence-electron chi connectivity index (χ3n) is 6.78. The molecule has 0 amide bonds. The van der Waals surface area contributed by atoms with E-state index in [0.29, 0.717) is 24.0 Å². The van der Waals surface area contributed by atoms with E-state index in [0.717, 1.165) is 30.3 Å². The van der Waals surface area contributed by atoms with Crippen LogP contribution < -0.4 is 11.2 Å². The van der Waals surface area contributed by atoms with Gasteiger partial charge in [0.2, 0.25) is 0 Å². The summed E-state index contributed by atoms with van der Waals surface area (Å²) in [6.07, 6.45) is 10.9. The lowest BCUT2D eigenvalue weighted by Gasteiger charge is -2.32. The van der Waals surface area contributed by atoms with Gasteiger partial charge >= 0.3 is 16.9 Å². The second kappa shape index (κ2) is 8.85. The highest BCUT2D eigenvalue weighted by Crippen LogP contribution is 2.35. The Hall–Kier alpha value is -3.82. The second-order valence-corrected chi connectivity index (χ2v) is 8.88. The first-order valence-corrected chi connectivity index (χ1v) is 11.4. The van der Waals surface area contributed by atoms with E-state index in [1.54, 1.807) is 41.4 Å². The van der Waals surface area contributed by atoms with Crippen LogP contribution in [0.15, 0.2) is 46.2 Å². The van der Waals surface area contributed by atoms with E-state index in [4.69, 9.17) is 0 Å². The van der Waals surface area contributed by atoms with Crippen LogP contribution in [0.4, 0.5) is 10.1 Å². The summed E-state index contributed by atoms with van der Waals surface area (Å²) in [4.78, 5) is 37.6. The molecular weight excluding hydrogens is 441 g/mol. The molecule has 2 fully saturated rings. The Kier molecular flexibility index (Phi) is 5.72. The van der Waals surface area contributed by atoms with Crippen LogP contribution in [0.2, 0.25) is 0 Å². The lowest BCUT2D eigenvalue weighted by atomic mass is 9.91. The molecule has 34 heavy (non-hydrogen) atoms. The van der Waals surface area contributed by atoms with Crippen LogP contribution >= 0.6 is 0 Å². The predicted octanol–water partition coefficient (Wildman–Crippen LogP) is 3.92. The van der Waals surface area contributed by atoms with Gasteiger partial charge in [0.05, 0.1) is 17.7 Å². The fraction of sp³-hybridized carbons (Fsp3) is 0.375. The van der Waals surface area contributed by atoms with Gasteiger partial charge in [0, 0.05) is 29.4 Å². The fourth-order valence-electron chi connectivity index (χ4n) is 4.47. The van der Waals surface area contributed by atoms with E-state index in [9.17, 15) is 24.1 Å². The van der Waals surface area contributed by atoms with Crippen LogP contribution in [0.5, 0.6) is 0 Å². The van der Waals surface area contributed by atoms with E-state index >= 15 is 0 Å². The first-order valence-electron chi connectivity index (χ1n) is 11.4. The zero-order valence-electron chi connectivity index (χ0n) is 18.5. The number of hydrogen-bond donors (Lipinski definition) is 0. The molecule has 0 bridgehead atoms. The van der Waals surface area contributed by atoms with E-state index in [1.165, 1.54) is 16.7 Å². The van der Waals surface area contributed by atoms with Gasteiger partial charge in [0.15, 0.2) is 0 Å². The number of nitro groups is 1. The molecule has 0 N–H and O–H groups in total. The molecule has 10 heteroatoms. The van der Waals surface area contributed by atoms with Gasteiger partial charge in [0.25, 0.3) is 0 Å². The Morgan fingerprint density at radius 3 is 2.35 bits per heavy atom. The largest absolute Gasteiger partial charge is 0.357 e. The standard InChI is InChI=1S/C24H24FN5O4/c25-20-10-2-1-5-17(20)15-27-14-16(13-26-27)11-12-21-22(30(33)34)23(31)29(19-8-4-9-19)24(32)28(21)18-6-3-7-18/h1-2,5,10-14,18-19H,3-4,6-9,15H2/b12-11+. The third-order valence-corrected chi connectivity index (χ3v) is 6.78. The lowest BCUT2D eigenvalue weighted by Crippen LogP contribution is -2.47. The number of rotatable bonds is 7. The molecule has 0 atom stereocenters. The van der Waals surface area contributed by atoms with Crippen molar-refractivity contribution in [2.75, 3.05) is 0 Å². The molecule has 5 rings (SSSR count). The zero-order valence-corrected chi connectivity index (χ0v) is 18.5. The molecule has 2 heterocycles. The molecule has 0 unspecified atom stereocenters. The second-order valence-electron chi connectivity index (χ2n) is 8.88. The lowest BCUT2D eigenvalue weighted by molar-refractivity contribution is -0.387. The normalized spacial score (nSPS) is 16.5. The highest BCUT2D eigenvalue weighted by atomic mass is 19.1. The molecule has 3 aromatic rings. The molecule has 176 valence electrons. The average Bonchev–Trinajstić information content (AvgIpc) is 3.17. The molecule has 0 saturated heterocycles. The molecule has 1 aromatic carbocycles. The first-order chi connectivity index (χ1) is 16.4. The van der Waals surface area contributed by atoms with Gasteiger partial charge in [-0.15, -0.1) is 0 Å². The first kappa shape index (κ1) is 22.0. The van der Waals surface area contributed by atoms with Crippen molar-refractivity contribution in [1.29, 1.82) is 0 Å². The Labute approximate surface area is 193 Å². The summed E-state index contributed by atoms with van der Waals surface area (Å²) >= 11 is 0. The minimum Gasteiger partial charge on any atom is -0.284 e. The minimum atomic E-state index is -0.842. The number of hydrogen-bond acceptors (Lipinski definition) is 5. The summed E-state index contributed by atoms with van der Waals surface area (Å²) in [5.41, 5.74) is -0.780. The van der Waals surface area contributed by atoms with Crippen LogP contribution in [0.3, 0.4) is 0 Å². The predicted molar refractivity (Wildman–Crippen MR) is 124 cm³/mol. The van der Waals surface area contributed by atoms with Gasteiger partial charge < -0.3 is 0 Å². The van der Waals surface area contributed by atoms with Crippen molar-refractivity contribution in [1.82, 2.24) is 18.9 Å². The van der Waals surface area contributed by atoms with Crippen molar-refractivity contribution >= 4 is 17.8 Å². The molecule has 2 aromatic heterocycles. The summed E-state index contributed by atoms with van der Waals surface area (Å²) in [6, 6.07) is 5.96. The van der Waals surface area contributed by atoms with Crippen molar-refractivity contribution in [2.45, 2.75) is 57.2 Å². The highest BCUT2D eigenvalue weighted by Gasteiger charge is 2.35. The van der Waals surface area contributed by atoms with Crippen molar-refractivity contribution in [3.63, 3.8) is 0 Å². The molecule has 0 spiro atoms. The molecule has 2 aliphatic carbocycles.